The van der Waals surface area contributed by atoms with Gasteiger partial charge in [-0.05, 0) is 30.7 Å². The molecule has 0 N–H and O–H groups in total. The predicted molar refractivity (Wildman–Crippen MR) is 70.7 cm³/mol. The largest absolute Gasteiger partial charge is 0.302 e. The summed E-state index contributed by atoms with van der Waals surface area (Å²) in [6, 6.07) is 8.05. The van der Waals surface area contributed by atoms with Crippen LogP contribution in [0.25, 0.3) is 0 Å². The Hall–Kier alpha value is -0.0500. The van der Waals surface area contributed by atoms with Gasteiger partial charge >= 0.3 is 0 Å². The molecule has 0 aliphatic rings. The average Bonchev–Trinajstić information content (AvgIpc) is 2.17. The first kappa shape index (κ1) is 13.0. The van der Waals surface area contributed by atoms with Crippen LogP contribution in [0.4, 0.5) is 0 Å². The molecule has 0 saturated carbocycles. The van der Waals surface area contributed by atoms with Crippen LogP contribution in [-0.2, 0) is 6.54 Å². The number of hydrogen-bond acceptors (Lipinski definition) is 1. The van der Waals surface area contributed by atoms with Gasteiger partial charge in [-0.2, -0.15) is 0 Å². The van der Waals surface area contributed by atoms with Crippen LogP contribution in [0.15, 0.2) is 24.3 Å². The number of rotatable bonds is 5. The fourth-order valence-corrected chi connectivity index (χ4v) is 2.01. The van der Waals surface area contributed by atoms with Crippen LogP contribution in [0.3, 0.4) is 0 Å². The summed E-state index contributed by atoms with van der Waals surface area (Å²) in [4.78, 5) is 2.32. The maximum atomic E-state index is 5.94. The van der Waals surface area contributed by atoms with E-state index in [1.807, 2.05) is 18.2 Å². The molecule has 3 heteroatoms. The van der Waals surface area contributed by atoms with E-state index in [4.69, 9.17) is 11.6 Å². The van der Waals surface area contributed by atoms with E-state index in [2.05, 4.69) is 40.9 Å². The van der Waals surface area contributed by atoms with Crippen molar-refractivity contribution in [3.63, 3.8) is 0 Å². The second-order valence-corrected chi connectivity index (χ2v) is 5.17. The summed E-state index contributed by atoms with van der Waals surface area (Å²) in [6.45, 7) is 4.29. The van der Waals surface area contributed by atoms with Crippen molar-refractivity contribution in [2.45, 2.75) is 13.5 Å². The molecule has 1 aromatic rings. The number of alkyl halides is 1. The number of halogens is 2. The number of benzene rings is 1. The Bertz CT molecular complexity index is 303. The lowest BCUT2D eigenvalue weighted by molar-refractivity contribution is 0.291. The van der Waals surface area contributed by atoms with Crippen LogP contribution < -0.4 is 0 Å². The fraction of sp³-hybridized carbons (Fsp3) is 0.500. The third-order valence-electron chi connectivity index (χ3n) is 2.23. The molecule has 1 nitrogen and oxygen atoms in total. The molecule has 0 aliphatic heterocycles. The molecule has 0 aliphatic carbocycles. The van der Waals surface area contributed by atoms with Gasteiger partial charge in [-0.3, -0.25) is 0 Å². The fourth-order valence-electron chi connectivity index (χ4n) is 1.59. The van der Waals surface area contributed by atoms with E-state index < -0.39 is 0 Å². The van der Waals surface area contributed by atoms with E-state index in [0.717, 1.165) is 23.4 Å². The number of nitrogens with zero attached hydrogens (tertiary/aromatic N) is 1. The van der Waals surface area contributed by atoms with Gasteiger partial charge in [0.25, 0.3) is 0 Å². The standard InChI is InChI=1S/C12H17BrClN/c1-10(7-13)8-15(2)9-11-4-3-5-12(14)6-11/h3-6,10H,7-9H2,1-2H3. The molecule has 0 bridgehead atoms. The average molecular weight is 291 g/mol. The van der Waals surface area contributed by atoms with Gasteiger partial charge < -0.3 is 4.90 Å². The zero-order chi connectivity index (χ0) is 11.3. The topological polar surface area (TPSA) is 3.24 Å². The smallest absolute Gasteiger partial charge is 0.0409 e. The molecule has 1 rings (SSSR count). The molecule has 1 unspecified atom stereocenters. The van der Waals surface area contributed by atoms with Crippen LogP contribution >= 0.6 is 27.5 Å². The molecular formula is C12H17BrClN. The predicted octanol–water partition coefficient (Wildman–Crippen LogP) is 3.80. The molecule has 0 radical (unpaired) electrons. The maximum Gasteiger partial charge on any atom is 0.0409 e. The minimum absolute atomic E-state index is 0.675. The summed E-state index contributed by atoms with van der Waals surface area (Å²) in [5.74, 6) is 0.675. The minimum atomic E-state index is 0.675. The molecule has 0 spiro atoms. The third kappa shape index (κ3) is 5.01. The quantitative estimate of drug-likeness (QED) is 0.746. The summed E-state index contributed by atoms with van der Waals surface area (Å²) < 4.78 is 0. The van der Waals surface area contributed by atoms with Gasteiger partial charge in [0, 0.05) is 23.4 Å². The van der Waals surface area contributed by atoms with Gasteiger partial charge in [0.1, 0.15) is 0 Å². The second kappa shape index (κ2) is 6.51. The maximum absolute atomic E-state index is 5.94. The molecule has 1 atom stereocenters. The lowest BCUT2D eigenvalue weighted by Crippen LogP contribution is -2.24. The Morgan fingerprint density at radius 3 is 2.80 bits per heavy atom. The van der Waals surface area contributed by atoms with Crippen molar-refractivity contribution in [3.8, 4) is 0 Å². The summed E-state index contributed by atoms with van der Waals surface area (Å²) >= 11 is 9.43. The first-order valence-electron chi connectivity index (χ1n) is 5.10. The monoisotopic (exact) mass is 289 g/mol. The molecule has 0 saturated heterocycles. The SMILES string of the molecule is CC(CBr)CN(C)Cc1cccc(Cl)c1. The molecule has 1 aromatic carbocycles. The zero-order valence-electron chi connectivity index (χ0n) is 9.21. The summed E-state index contributed by atoms with van der Waals surface area (Å²) in [5, 5.41) is 1.86. The Balaban J connectivity index is 2.47. The van der Waals surface area contributed by atoms with Gasteiger partial charge in [0.2, 0.25) is 0 Å². The molecular weight excluding hydrogens is 273 g/mol. The molecule has 84 valence electrons. The van der Waals surface area contributed by atoms with Crippen molar-refractivity contribution in [3.05, 3.63) is 34.9 Å². The van der Waals surface area contributed by atoms with Gasteiger partial charge in [0.05, 0.1) is 0 Å². The van der Waals surface area contributed by atoms with Crippen molar-refractivity contribution in [1.29, 1.82) is 0 Å². The summed E-state index contributed by atoms with van der Waals surface area (Å²) in [5.41, 5.74) is 1.27. The van der Waals surface area contributed by atoms with Gasteiger partial charge in [0.15, 0.2) is 0 Å². The highest BCUT2D eigenvalue weighted by Crippen LogP contribution is 2.13. The van der Waals surface area contributed by atoms with E-state index in [9.17, 15) is 0 Å². The van der Waals surface area contributed by atoms with Crippen molar-refractivity contribution >= 4 is 27.5 Å². The molecule has 0 fully saturated rings. The Morgan fingerprint density at radius 2 is 2.20 bits per heavy atom. The van der Waals surface area contributed by atoms with Gasteiger partial charge in [-0.15, -0.1) is 0 Å². The Morgan fingerprint density at radius 1 is 1.47 bits per heavy atom. The van der Waals surface area contributed by atoms with Crippen LogP contribution in [-0.4, -0.2) is 23.8 Å². The molecule has 0 amide bonds. The molecule has 0 heterocycles. The molecule has 15 heavy (non-hydrogen) atoms. The van der Waals surface area contributed by atoms with Crippen molar-refractivity contribution in [2.75, 3.05) is 18.9 Å². The summed E-state index contributed by atoms with van der Waals surface area (Å²) in [7, 11) is 2.14. The van der Waals surface area contributed by atoms with Gasteiger partial charge in [-0.1, -0.05) is 46.6 Å². The van der Waals surface area contributed by atoms with E-state index >= 15 is 0 Å². The summed E-state index contributed by atoms with van der Waals surface area (Å²) in [6.07, 6.45) is 0. The van der Waals surface area contributed by atoms with Crippen LogP contribution in [0, 0.1) is 5.92 Å². The van der Waals surface area contributed by atoms with E-state index in [1.54, 1.807) is 0 Å². The van der Waals surface area contributed by atoms with E-state index in [0.29, 0.717) is 5.92 Å². The van der Waals surface area contributed by atoms with Crippen molar-refractivity contribution in [1.82, 2.24) is 4.90 Å². The normalized spacial score (nSPS) is 13.1. The van der Waals surface area contributed by atoms with E-state index in [-0.39, 0.29) is 0 Å². The van der Waals surface area contributed by atoms with E-state index in [1.165, 1.54) is 5.56 Å². The lowest BCUT2D eigenvalue weighted by atomic mass is 10.2. The van der Waals surface area contributed by atoms with Crippen LogP contribution in [0.5, 0.6) is 0 Å². The third-order valence-corrected chi connectivity index (χ3v) is 3.57. The second-order valence-electron chi connectivity index (χ2n) is 4.09. The molecule has 0 aromatic heterocycles. The lowest BCUT2D eigenvalue weighted by Gasteiger charge is -2.20. The highest BCUT2D eigenvalue weighted by molar-refractivity contribution is 9.09. The number of hydrogen-bond donors (Lipinski definition) is 0. The highest BCUT2D eigenvalue weighted by Gasteiger charge is 2.05. The minimum Gasteiger partial charge on any atom is -0.302 e. The van der Waals surface area contributed by atoms with Gasteiger partial charge in [-0.25, -0.2) is 0 Å². The highest BCUT2D eigenvalue weighted by atomic mass is 79.9. The van der Waals surface area contributed by atoms with Crippen molar-refractivity contribution < 1.29 is 0 Å². The van der Waals surface area contributed by atoms with Crippen LogP contribution in [0.1, 0.15) is 12.5 Å². The first-order valence-corrected chi connectivity index (χ1v) is 6.60. The Labute approximate surface area is 106 Å². The Kier molecular flexibility index (Phi) is 5.65. The van der Waals surface area contributed by atoms with Crippen molar-refractivity contribution in [2.24, 2.45) is 5.92 Å². The zero-order valence-corrected chi connectivity index (χ0v) is 11.6. The first-order chi connectivity index (χ1) is 7.11. The van der Waals surface area contributed by atoms with Crippen LogP contribution in [0.2, 0.25) is 5.02 Å².